The van der Waals surface area contributed by atoms with Crippen molar-refractivity contribution < 1.29 is 4.79 Å². The Hall–Kier alpha value is -1.46. The van der Waals surface area contributed by atoms with Crippen LogP contribution in [0.25, 0.3) is 0 Å². The largest absolute Gasteiger partial charge is 0.326 e. The quantitative estimate of drug-likeness (QED) is 0.885. The number of likely N-dealkylation sites (N-methyl/N-ethyl adjacent to an activating group) is 1. The van der Waals surface area contributed by atoms with Crippen LogP contribution in [-0.2, 0) is 11.3 Å². The number of carbonyl (C=O) groups is 1. The van der Waals surface area contributed by atoms with Crippen molar-refractivity contribution in [2.24, 2.45) is 0 Å². The Bertz CT molecular complexity index is 427. The Kier molecular flexibility index (Phi) is 4.87. The van der Waals surface area contributed by atoms with E-state index in [-0.39, 0.29) is 5.91 Å². The van der Waals surface area contributed by atoms with Gasteiger partial charge < -0.3 is 10.2 Å². The molecule has 1 N–H and O–H groups in total. The van der Waals surface area contributed by atoms with Crippen molar-refractivity contribution in [3.63, 3.8) is 0 Å². The molecule has 1 saturated heterocycles. The Balaban J connectivity index is 1.90. The van der Waals surface area contributed by atoms with Crippen molar-refractivity contribution in [3.8, 4) is 0 Å². The Labute approximate surface area is 114 Å². The zero-order valence-electron chi connectivity index (χ0n) is 11.7. The number of hydrogen-bond donors (Lipinski definition) is 1. The highest BCUT2D eigenvalue weighted by molar-refractivity contribution is 5.88. The fraction of sp³-hybridized carbons (Fsp3) is 0.571. The molecule has 5 heteroatoms. The topological polar surface area (TPSA) is 48.5 Å². The minimum Gasteiger partial charge on any atom is -0.326 e. The van der Waals surface area contributed by atoms with Gasteiger partial charge in [0.25, 0.3) is 0 Å². The van der Waals surface area contributed by atoms with E-state index in [1.807, 2.05) is 12.1 Å². The van der Waals surface area contributed by atoms with Crippen LogP contribution >= 0.6 is 0 Å². The Morgan fingerprint density at radius 1 is 1.32 bits per heavy atom. The van der Waals surface area contributed by atoms with E-state index in [0.717, 1.165) is 50.6 Å². The minimum atomic E-state index is -0.0475. The molecule has 0 radical (unpaired) electrons. The van der Waals surface area contributed by atoms with Gasteiger partial charge in [-0.05, 0) is 18.7 Å². The van der Waals surface area contributed by atoms with Crippen LogP contribution in [0.2, 0.25) is 0 Å². The highest BCUT2D eigenvalue weighted by Gasteiger charge is 2.15. The third-order valence-corrected chi connectivity index (χ3v) is 3.43. The van der Waals surface area contributed by atoms with Gasteiger partial charge in [0.2, 0.25) is 5.91 Å². The molecule has 0 spiro atoms. The summed E-state index contributed by atoms with van der Waals surface area (Å²) in [5, 5.41) is 2.79. The van der Waals surface area contributed by atoms with Crippen LogP contribution in [0.4, 0.5) is 5.69 Å². The van der Waals surface area contributed by atoms with Crippen LogP contribution in [0.3, 0.4) is 0 Å². The first kappa shape index (κ1) is 14.0. The fourth-order valence-corrected chi connectivity index (χ4v) is 2.34. The second kappa shape index (κ2) is 6.63. The van der Waals surface area contributed by atoms with Gasteiger partial charge in [-0.25, -0.2) is 0 Å². The van der Waals surface area contributed by atoms with E-state index in [1.165, 1.54) is 6.92 Å². The van der Waals surface area contributed by atoms with E-state index in [0.29, 0.717) is 0 Å². The molecule has 1 amide bonds. The highest BCUT2D eigenvalue weighted by atomic mass is 16.1. The standard InChI is InChI=1S/C14H22N4O/c1-3-17-6-8-18(9-7-17)11-14-10-13(4-5-15-14)16-12(2)19/h4-5,10H,3,6-9,11H2,1-2H3,(H,15,16,19). The lowest BCUT2D eigenvalue weighted by molar-refractivity contribution is -0.114. The molecule has 0 saturated carbocycles. The molecule has 5 nitrogen and oxygen atoms in total. The van der Waals surface area contributed by atoms with Gasteiger partial charge in [0.15, 0.2) is 0 Å². The number of nitrogens with one attached hydrogen (secondary N) is 1. The van der Waals surface area contributed by atoms with Gasteiger partial charge in [-0.15, -0.1) is 0 Å². The predicted octanol–water partition coefficient (Wildman–Crippen LogP) is 1.18. The Morgan fingerprint density at radius 2 is 2.00 bits per heavy atom. The van der Waals surface area contributed by atoms with Crippen molar-refractivity contribution in [2.45, 2.75) is 20.4 Å². The molecule has 1 fully saturated rings. The van der Waals surface area contributed by atoms with Crippen molar-refractivity contribution in [1.29, 1.82) is 0 Å². The number of rotatable bonds is 4. The average Bonchev–Trinajstić information content (AvgIpc) is 2.39. The molecule has 2 heterocycles. The molecule has 19 heavy (non-hydrogen) atoms. The van der Waals surface area contributed by atoms with Crippen LogP contribution in [0.5, 0.6) is 0 Å². The normalized spacial score (nSPS) is 17.4. The molecule has 0 aliphatic carbocycles. The zero-order chi connectivity index (χ0) is 13.7. The first-order valence-corrected chi connectivity index (χ1v) is 6.84. The van der Waals surface area contributed by atoms with E-state index in [9.17, 15) is 4.79 Å². The van der Waals surface area contributed by atoms with Gasteiger partial charge >= 0.3 is 0 Å². The number of carbonyl (C=O) groups excluding carboxylic acids is 1. The average molecular weight is 262 g/mol. The summed E-state index contributed by atoms with van der Waals surface area (Å²) in [5.41, 5.74) is 1.83. The number of hydrogen-bond acceptors (Lipinski definition) is 4. The smallest absolute Gasteiger partial charge is 0.221 e. The molecule has 0 atom stereocenters. The fourth-order valence-electron chi connectivity index (χ4n) is 2.34. The van der Waals surface area contributed by atoms with E-state index < -0.39 is 0 Å². The molecule has 0 bridgehead atoms. The molecule has 0 aromatic carbocycles. The first-order chi connectivity index (χ1) is 9.17. The van der Waals surface area contributed by atoms with Crippen molar-refractivity contribution >= 4 is 11.6 Å². The summed E-state index contributed by atoms with van der Waals surface area (Å²) >= 11 is 0. The third kappa shape index (κ3) is 4.29. The van der Waals surface area contributed by atoms with Crippen LogP contribution in [0.15, 0.2) is 18.3 Å². The highest BCUT2D eigenvalue weighted by Crippen LogP contribution is 2.11. The number of aromatic nitrogens is 1. The van der Waals surface area contributed by atoms with Gasteiger partial charge in [0.05, 0.1) is 5.69 Å². The molecule has 104 valence electrons. The molecular formula is C14H22N4O. The summed E-state index contributed by atoms with van der Waals surface area (Å²) in [6, 6.07) is 3.77. The first-order valence-electron chi connectivity index (χ1n) is 6.84. The maximum atomic E-state index is 11.0. The van der Waals surface area contributed by atoms with Crippen LogP contribution in [0, 0.1) is 0 Å². The van der Waals surface area contributed by atoms with Crippen molar-refractivity contribution in [1.82, 2.24) is 14.8 Å². The van der Waals surface area contributed by atoms with Crippen LogP contribution < -0.4 is 5.32 Å². The van der Waals surface area contributed by atoms with Crippen molar-refractivity contribution in [2.75, 3.05) is 38.0 Å². The van der Waals surface area contributed by atoms with Gasteiger partial charge in [0.1, 0.15) is 0 Å². The van der Waals surface area contributed by atoms with Gasteiger partial charge in [-0.1, -0.05) is 6.92 Å². The number of anilines is 1. The summed E-state index contributed by atoms with van der Waals surface area (Å²) in [4.78, 5) is 20.3. The summed E-state index contributed by atoms with van der Waals surface area (Å²) in [6.45, 7) is 10.1. The van der Waals surface area contributed by atoms with Gasteiger partial charge in [-0.2, -0.15) is 0 Å². The zero-order valence-corrected chi connectivity index (χ0v) is 11.7. The van der Waals surface area contributed by atoms with E-state index >= 15 is 0 Å². The molecule has 1 aliphatic rings. The van der Waals surface area contributed by atoms with Crippen LogP contribution in [0.1, 0.15) is 19.5 Å². The summed E-state index contributed by atoms with van der Waals surface area (Å²) in [5.74, 6) is -0.0475. The molecule has 1 aromatic rings. The van der Waals surface area contributed by atoms with Crippen LogP contribution in [-0.4, -0.2) is 53.4 Å². The number of piperazine rings is 1. The molecule has 1 aromatic heterocycles. The monoisotopic (exact) mass is 262 g/mol. The molecule has 0 unspecified atom stereocenters. The van der Waals surface area contributed by atoms with Crippen molar-refractivity contribution in [3.05, 3.63) is 24.0 Å². The SMILES string of the molecule is CCN1CCN(Cc2cc(NC(C)=O)ccn2)CC1. The summed E-state index contributed by atoms with van der Waals surface area (Å²) in [6.07, 6.45) is 1.75. The molecule has 1 aliphatic heterocycles. The maximum absolute atomic E-state index is 11.0. The van der Waals surface area contributed by atoms with E-state index in [4.69, 9.17) is 0 Å². The second-order valence-corrected chi connectivity index (χ2v) is 4.93. The van der Waals surface area contributed by atoms with Gasteiger partial charge in [0, 0.05) is 51.5 Å². The lowest BCUT2D eigenvalue weighted by Crippen LogP contribution is -2.45. The number of amides is 1. The maximum Gasteiger partial charge on any atom is 0.221 e. The van der Waals surface area contributed by atoms with Gasteiger partial charge in [-0.3, -0.25) is 14.7 Å². The minimum absolute atomic E-state index is 0.0475. The molecule has 2 rings (SSSR count). The predicted molar refractivity (Wildman–Crippen MR) is 75.9 cm³/mol. The Morgan fingerprint density at radius 3 is 2.63 bits per heavy atom. The van der Waals surface area contributed by atoms with E-state index in [1.54, 1.807) is 6.20 Å². The molecular weight excluding hydrogens is 240 g/mol. The third-order valence-electron chi connectivity index (χ3n) is 3.43. The number of pyridine rings is 1. The lowest BCUT2D eigenvalue weighted by Gasteiger charge is -2.33. The number of nitrogens with zero attached hydrogens (tertiary/aromatic N) is 3. The summed E-state index contributed by atoms with van der Waals surface area (Å²) in [7, 11) is 0. The second-order valence-electron chi connectivity index (χ2n) is 4.93. The van der Waals surface area contributed by atoms with E-state index in [2.05, 4.69) is 27.0 Å². The summed E-state index contributed by atoms with van der Waals surface area (Å²) < 4.78 is 0. The lowest BCUT2D eigenvalue weighted by atomic mass is 10.2.